The Labute approximate surface area is 191 Å². The Morgan fingerprint density at radius 3 is 2.33 bits per heavy atom. The van der Waals surface area contributed by atoms with Crippen molar-refractivity contribution in [1.29, 1.82) is 0 Å². The number of anilines is 2. The highest BCUT2D eigenvalue weighted by molar-refractivity contribution is 6.14. The van der Waals surface area contributed by atoms with E-state index in [0.29, 0.717) is 40.3 Å². The van der Waals surface area contributed by atoms with E-state index in [1.807, 2.05) is 42.5 Å². The minimum atomic E-state index is -0.489. The lowest BCUT2D eigenvalue weighted by molar-refractivity contribution is -0.116. The first-order chi connectivity index (χ1) is 16.1. The van der Waals surface area contributed by atoms with Crippen molar-refractivity contribution in [1.82, 2.24) is 0 Å². The summed E-state index contributed by atoms with van der Waals surface area (Å²) in [6.07, 6.45) is 0.871. The molecule has 2 amide bonds. The molecule has 33 heavy (non-hydrogen) atoms. The number of aryl methyl sites for hydroxylation is 1. The first-order valence-corrected chi connectivity index (χ1v) is 10.5. The summed E-state index contributed by atoms with van der Waals surface area (Å²) >= 11 is 0. The molecule has 0 saturated heterocycles. The highest BCUT2D eigenvalue weighted by Crippen LogP contribution is 2.33. The fraction of sp³-hybridized carbons (Fsp3) is 0.154. The van der Waals surface area contributed by atoms with Crippen LogP contribution in [0, 0.1) is 0 Å². The number of para-hydroxylation sites is 1. The van der Waals surface area contributed by atoms with Crippen molar-refractivity contribution in [3.8, 4) is 11.5 Å². The van der Waals surface area contributed by atoms with E-state index in [9.17, 15) is 9.59 Å². The standard InChI is InChI=1S/C26H24N2O5/c1-31-21-14-13-18(16-22(21)32-2)27-26(30)25-24(19-10-6-7-11-20(19)33-25)28-23(29)15-12-17-8-4-3-5-9-17/h3-11,13-14,16H,12,15H2,1-2H3,(H,27,30)(H,28,29). The molecule has 0 aliphatic heterocycles. The van der Waals surface area contributed by atoms with E-state index in [-0.39, 0.29) is 18.1 Å². The van der Waals surface area contributed by atoms with Gasteiger partial charge < -0.3 is 24.5 Å². The predicted octanol–water partition coefficient (Wildman–Crippen LogP) is 5.27. The molecule has 0 aliphatic rings. The zero-order valence-electron chi connectivity index (χ0n) is 18.4. The molecule has 0 spiro atoms. The number of carbonyl (C=O) groups excluding carboxylic acids is 2. The molecular weight excluding hydrogens is 420 g/mol. The largest absolute Gasteiger partial charge is 0.493 e. The quantitative estimate of drug-likeness (QED) is 0.386. The number of hydrogen-bond acceptors (Lipinski definition) is 5. The molecule has 0 bridgehead atoms. The number of methoxy groups -OCH3 is 2. The fourth-order valence-corrected chi connectivity index (χ4v) is 3.54. The monoisotopic (exact) mass is 444 g/mol. The van der Waals surface area contributed by atoms with E-state index in [2.05, 4.69) is 10.6 Å². The van der Waals surface area contributed by atoms with Crippen LogP contribution in [0.1, 0.15) is 22.5 Å². The van der Waals surface area contributed by atoms with Crippen LogP contribution in [0.4, 0.5) is 11.4 Å². The first-order valence-electron chi connectivity index (χ1n) is 10.5. The van der Waals surface area contributed by atoms with Gasteiger partial charge in [-0.2, -0.15) is 0 Å². The van der Waals surface area contributed by atoms with Gasteiger partial charge in [0, 0.05) is 23.6 Å². The molecule has 0 saturated carbocycles. The highest BCUT2D eigenvalue weighted by Gasteiger charge is 2.22. The zero-order chi connectivity index (χ0) is 23.2. The van der Waals surface area contributed by atoms with Crippen molar-refractivity contribution in [2.24, 2.45) is 0 Å². The number of ether oxygens (including phenoxy) is 2. The van der Waals surface area contributed by atoms with Gasteiger partial charge in [-0.25, -0.2) is 0 Å². The molecule has 0 aliphatic carbocycles. The van der Waals surface area contributed by atoms with Crippen LogP contribution in [0.2, 0.25) is 0 Å². The molecule has 0 atom stereocenters. The van der Waals surface area contributed by atoms with Crippen LogP contribution in [-0.2, 0) is 11.2 Å². The lowest BCUT2D eigenvalue weighted by atomic mass is 10.1. The second kappa shape index (κ2) is 9.91. The van der Waals surface area contributed by atoms with E-state index >= 15 is 0 Å². The Hall–Kier alpha value is -4.26. The normalized spacial score (nSPS) is 10.6. The van der Waals surface area contributed by atoms with Gasteiger partial charge in [-0.3, -0.25) is 9.59 Å². The summed E-state index contributed by atoms with van der Waals surface area (Å²) in [4.78, 5) is 25.8. The number of rotatable bonds is 8. The number of amides is 2. The van der Waals surface area contributed by atoms with Crippen LogP contribution in [0.3, 0.4) is 0 Å². The number of hydrogen-bond donors (Lipinski definition) is 2. The average molecular weight is 444 g/mol. The molecule has 7 heteroatoms. The summed E-state index contributed by atoms with van der Waals surface area (Å²) in [6.45, 7) is 0. The maximum atomic E-state index is 13.1. The molecule has 4 rings (SSSR count). The van der Waals surface area contributed by atoms with Crippen molar-refractivity contribution in [2.75, 3.05) is 24.9 Å². The topological polar surface area (TPSA) is 89.8 Å². The second-order valence-corrected chi connectivity index (χ2v) is 7.36. The minimum Gasteiger partial charge on any atom is -0.493 e. The summed E-state index contributed by atoms with van der Waals surface area (Å²) in [5, 5.41) is 6.33. The predicted molar refractivity (Wildman–Crippen MR) is 127 cm³/mol. The van der Waals surface area contributed by atoms with E-state index in [0.717, 1.165) is 5.56 Å². The van der Waals surface area contributed by atoms with Crippen LogP contribution in [0.15, 0.2) is 77.2 Å². The fourth-order valence-electron chi connectivity index (χ4n) is 3.54. The second-order valence-electron chi connectivity index (χ2n) is 7.36. The maximum Gasteiger partial charge on any atom is 0.293 e. The van der Waals surface area contributed by atoms with Gasteiger partial charge in [0.25, 0.3) is 5.91 Å². The molecule has 0 fully saturated rings. The highest BCUT2D eigenvalue weighted by atomic mass is 16.5. The Bertz CT molecular complexity index is 1280. The summed E-state index contributed by atoms with van der Waals surface area (Å²) in [5.41, 5.74) is 2.42. The van der Waals surface area contributed by atoms with Crippen molar-refractivity contribution in [3.05, 3.63) is 84.1 Å². The van der Waals surface area contributed by atoms with Crippen molar-refractivity contribution in [2.45, 2.75) is 12.8 Å². The van der Waals surface area contributed by atoms with Gasteiger partial charge in [-0.15, -0.1) is 0 Å². The summed E-state index contributed by atoms with van der Waals surface area (Å²) in [7, 11) is 3.06. The Balaban J connectivity index is 1.56. The van der Waals surface area contributed by atoms with E-state index in [4.69, 9.17) is 13.9 Å². The lowest BCUT2D eigenvalue weighted by Crippen LogP contribution is -2.17. The SMILES string of the molecule is COc1ccc(NC(=O)c2oc3ccccc3c2NC(=O)CCc2ccccc2)cc1OC. The van der Waals surface area contributed by atoms with Crippen LogP contribution in [0.25, 0.3) is 11.0 Å². The molecule has 7 nitrogen and oxygen atoms in total. The average Bonchev–Trinajstić information content (AvgIpc) is 3.21. The number of carbonyl (C=O) groups is 2. The number of furan rings is 1. The Morgan fingerprint density at radius 2 is 1.58 bits per heavy atom. The molecule has 1 heterocycles. The lowest BCUT2D eigenvalue weighted by Gasteiger charge is -2.11. The smallest absolute Gasteiger partial charge is 0.293 e. The molecule has 4 aromatic rings. The van der Waals surface area contributed by atoms with Crippen LogP contribution in [0.5, 0.6) is 11.5 Å². The van der Waals surface area contributed by atoms with Crippen LogP contribution in [-0.4, -0.2) is 26.0 Å². The minimum absolute atomic E-state index is 0.0269. The van der Waals surface area contributed by atoms with Crippen molar-refractivity contribution >= 4 is 34.2 Å². The molecule has 0 radical (unpaired) electrons. The van der Waals surface area contributed by atoms with Gasteiger partial charge in [0.2, 0.25) is 11.7 Å². The van der Waals surface area contributed by atoms with Gasteiger partial charge in [0.15, 0.2) is 11.5 Å². The van der Waals surface area contributed by atoms with Gasteiger partial charge in [0.05, 0.1) is 14.2 Å². The van der Waals surface area contributed by atoms with Gasteiger partial charge in [-0.05, 0) is 36.2 Å². The number of fused-ring (bicyclic) bond motifs is 1. The summed E-state index contributed by atoms with van der Waals surface area (Å²) < 4.78 is 16.3. The molecular formula is C26H24N2O5. The Kier molecular flexibility index (Phi) is 6.59. The third kappa shape index (κ3) is 4.98. The van der Waals surface area contributed by atoms with E-state index in [1.54, 1.807) is 30.3 Å². The number of nitrogens with one attached hydrogen (secondary N) is 2. The molecule has 1 aromatic heterocycles. The van der Waals surface area contributed by atoms with Crippen LogP contribution < -0.4 is 20.1 Å². The van der Waals surface area contributed by atoms with Crippen molar-refractivity contribution in [3.63, 3.8) is 0 Å². The Morgan fingerprint density at radius 1 is 0.848 bits per heavy atom. The third-order valence-corrected chi connectivity index (χ3v) is 5.19. The molecule has 2 N–H and O–H groups in total. The van der Waals surface area contributed by atoms with Crippen molar-refractivity contribution < 1.29 is 23.5 Å². The third-order valence-electron chi connectivity index (χ3n) is 5.19. The van der Waals surface area contributed by atoms with Gasteiger partial charge >= 0.3 is 0 Å². The number of benzene rings is 3. The molecule has 3 aromatic carbocycles. The van der Waals surface area contributed by atoms with E-state index in [1.165, 1.54) is 14.2 Å². The van der Waals surface area contributed by atoms with Crippen LogP contribution >= 0.6 is 0 Å². The zero-order valence-corrected chi connectivity index (χ0v) is 18.4. The summed E-state index contributed by atoms with van der Waals surface area (Å²) in [6, 6.07) is 22.0. The summed E-state index contributed by atoms with van der Waals surface area (Å²) in [5.74, 6) is 0.362. The first kappa shape index (κ1) is 22.0. The molecule has 168 valence electrons. The van der Waals surface area contributed by atoms with Gasteiger partial charge in [-0.1, -0.05) is 42.5 Å². The van der Waals surface area contributed by atoms with E-state index < -0.39 is 5.91 Å². The molecule has 0 unspecified atom stereocenters. The maximum absolute atomic E-state index is 13.1. The van der Waals surface area contributed by atoms with Gasteiger partial charge in [0.1, 0.15) is 11.3 Å².